The van der Waals surface area contributed by atoms with E-state index in [1.165, 1.54) is 0 Å². The van der Waals surface area contributed by atoms with Gasteiger partial charge in [-0.25, -0.2) is 9.97 Å². The molecular weight excluding hydrogens is 428 g/mol. The predicted octanol–water partition coefficient (Wildman–Crippen LogP) is 2.51. The first kappa shape index (κ1) is 21.2. The van der Waals surface area contributed by atoms with E-state index in [1.54, 1.807) is 4.90 Å². The zero-order valence-corrected chi connectivity index (χ0v) is 20.0. The second-order valence-corrected chi connectivity index (χ2v) is 10.1. The molecule has 0 atom stereocenters. The topological polar surface area (TPSA) is 83.3 Å². The number of nitrogens with zero attached hydrogens (tertiary/aromatic N) is 8. The summed E-state index contributed by atoms with van der Waals surface area (Å²) in [5.41, 5.74) is 2.88. The van der Waals surface area contributed by atoms with Gasteiger partial charge in [-0.2, -0.15) is 0 Å². The van der Waals surface area contributed by atoms with Crippen LogP contribution in [0.2, 0.25) is 0 Å². The van der Waals surface area contributed by atoms with Crippen LogP contribution in [-0.2, 0) is 18.5 Å². The molecule has 1 saturated heterocycles. The van der Waals surface area contributed by atoms with Gasteiger partial charge in [-0.1, -0.05) is 6.07 Å². The number of hydrogen-bond acceptors (Lipinski definition) is 7. The van der Waals surface area contributed by atoms with Crippen molar-refractivity contribution in [3.8, 4) is 11.5 Å². The molecule has 0 aliphatic carbocycles. The van der Waals surface area contributed by atoms with Crippen LogP contribution in [0, 0.1) is 6.92 Å². The Labute approximate surface area is 199 Å². The molecule has 9 nitrogen and oxygen atoms in total. The minimum atomic E-state index is -0.0610. The molecule has 9 heteroatoms. The Hall–Kier alpha value is -3.33. The minimum absolute atomic E-state index is 0.0559. The fourth-order valence-electron chi connectivity index (χ4n) is 5.24. The number of fused-ring (bicyclic) bond motifs is 2. The van der Waals surface area contributed by atoms with Crippen LogP contribution in [0.25, 0.3) is 11.5 Å². The predicted molar refractivity (Wildman–Crippen MR) is 130 cm³/mol. The summed E-state index contributed by atoms with van der Waals surface area (Å²) in [7, 11) is 2.12. The lowest BCUT2D eigenvalue weighted by molar-refractivity contribution is 0.0996. The standard InChI is InChI=1S/C25H29N8O/c1-16-18-15-32(24(34)17(18)14-22(26-16)31-12-10-30(4)11-13-31)20-7-5-6-19(27-20)23-29-28-21-8-9-25(2,3)33(21)23/h5-7,14H,1,8-13,15H2,2-4H3. The van der Waals surface area contributed by atoms with Crippen LogP contribution in [0.15, 0.2) is 24.3 Å². The molecule has 3 aromatic heterocycles. The van der Waals surface area contributed by atoms with Gasteiger partial charge >= 0.3 is 0 Å². The zero-order valence-electron chi connectivity index (χ0n) is 20.0. The maximum absolute atomic E-state index is 13.5. The molecule has 175 valence electrons. The highest BCUT2D eigenvalue weighted by atomic mass is 16.2. The lowest BCUT2D eigenvalue weighted by atomic mass is 10.0. The normalized spacial score (nSPS) is 19.6. The average Bonchev–Trinajstić information content (AvgIpc) is 3.49. The van der Waals surface area contributed by atoms with E-state index in [1.807, 2.05) is 24.3 Å². The highest BCUT2D eigenvalue weighted by molar-refractivity contribution is 6.10. The summed E-state index contributed by atoms with van der Waals surface area (Å²) in [5, 5.41) is 8.81. The van der Waals surface area contributed by atoms with E-state index in [2.05, 4.69) is 52.4 Å². The molecule has 0 aromatic carbocycles. The van der Waals surface area contributed by atoms with E-state index in [9.17, 15) is 4.79 Å². The molecule has 3 aliphatic rings. The molecule has 6 heterocycles. The van der Waals surface area contributed by atoms with Crippen LogP contribution in [0.3, 0.4) is 0 Å². The van der Waals surface area contributed by atoms with Gasteiger partial charge in [0.15, 0.2) is 5.82 Å². The van der Waals surface area contributed by atoms with Gasteiger partial charge in [-0.05, 0) is 52.4 Å². The van der Waals surface area contributed by atoms with Crippen LogP contribution in [0.4, 0.5) is 11.6 Å². The summed E-state index contributed by atoms with van der Waals surface area (Å²) in [6.07, 6.45) is 1.94. The Kier molecular flexibility index (Phi) is 4.74. The molecule has 1 amide bonds. The summed E-state index contributed by atoms with van der Waals surface area (Å²) in [6.45, 7) is 12.7. The fraction of sp³-hybridized carbons (Fsp3) is 0.440. The van der Waals surface area contributed by atoms with Crippen LogP contribution in [-0.4, -0.2) is 68.8 Å². The molecule has 0 bridgehead atoms. The Morgan fingerprint density at radius 3 is 2.62 bits per heavy atom. The first-order chi connectivity index (χ1) is 16.3. The number of pyridine rings is 2. The molecule has 0 spiro atoms. The van der Waals surface area contributed by atoms with Gasteiger partial charge < -0.3 is 14.4 Å². The average molecular weight is 458 g/mol. The smallest absolute Gasteiger partial charge is 0.260 e. The summed E-state index contributed by atoms with van der Waals surface area (Å²) < 4.78 is 2.18. The van der Waals surface area contributed by atoms with Crippen LogP contribution < -0.4 is 9.80 Å². The number of aromatic nitrogens is 5. The molecule has 3 aliphatic heterocycles. The Bertz CT molecular complexity index is 1290. The van der Waals surface area contributed by atoms with Crippen molar-refractivity contribution in [1.29, 1.82) is 0 Å². The quantitative estimate of drug-likeness (QED) is 0.598. The third-order valence-corrected chi connectivity index (χ3v) is 7.35. The number of likely N-dealkylation sites (N-methyl/N-ethyl adjacent to an activating group) is 1. The largest absolute Gasteiger partial charge is 0.354 e. The minimum Gasteiger partial charge on any atom is -0.354 e. The molecule has 34 heavy (non-hydrogen) atoms. The van der Waals surface area contributed by atoms with Crippen molar-refractivity contribution in [2.75, 3.05) is 43.0 Å². The summed E-state index contributed by atoms with van der Waals surface area (Å²) >= 11 is 0. The number of carbonyl (C=O) groups excluding carboxylic acids is 1. The molecule has 6 rings (SSSR count). The first-order valence-corrected chi connectivity index (χ1v) is 11.9. The van der Waals surface area contributed by atoms with Crippen molar-refractivity contribution in [2.24, 2.45) is 0 Å². The highest BCUT2D eigenvalue weighted by Gasteiger charge is 2.36. The Balaban J connectivity index is 1.32. The number of amides is 1. The van der Waals surface area contributed by atoms with E-state index < -0.39 is 0 Å². The Morgan fingerprint density at radius 1 is 1.03 bits per heavy atom. The van der Waals surface area contributed by atoms with Crippen molar-refractivity contribution in [3.05, 3.63) is 53.8 Å². The number of anilines is 2. The zero-order chi connectivity index (χ0) is 23.6. The van der Waals surface area contributed by atoms with Crippen molar-refractivity contribution in [2.45, 2.75) is 38.8 Å². The third kappa shape index (κ3) is 3.29. The second kappa shape index (κ2) is 7.59. The summed E-state index contributed by atoms with van der Waals surface area (Å²) in [4.78, 5) is 29.3. The number of carbonyl (C=O) groups is 1. The van der Waals surface area contributed by atoms with E-state index in [4.69, 9.17) is 9.97 Å². The van der Waals surface area contributed by atoms with E-state index >= 15 is 0 Å². The van der Waals surface area contributed by atoms with E-state index in [0.717, 1.165) is 67.7 Å². The van der Waals surface area contributed by atoms with Crippen molar-refractivity contribution < 1.29 is 4.79 Å². The van der Waals surface area contributed by atoms with Crippen molar-refractivity contribution >= 4 is 17.5 Å². The van der Waals surface area contributed by atoms with E-state index in [0.29, 0.717) is 23.6 Å². The van der Waals surface area contributed by atoms with Crippen LogP contribution in [0.5, 0.6) is 0 Å². The Morgan fingerprint density at radius 2 is 1.82 bits per heavy atom. The van der Waals surface area contributed by atoms with Crippen molar-refractivity contribution in [1.82, 2.24) is 29.6 Å². The van der Waals surface area contributed by atoms with Gasteiger partial charge in [0.25, 0.3) is 5.91 Å². The van der Waals surface area contributed by atoms with Gasteiger partial charge in [0.1, 0.15) is 23.2 Å². The van der Waals surface area contributed by atoms with Gasteiger partial charge in [0, 0.05) is 49.4 Å². The lowest BCUT2D eigenvalue weighted by Gasteiger charge is -2.33. The number of aryl methyl sites for hydroxylation is 1. The first-order valence-electron chi connectivity index (χ1n) is 11.9. The molecule has 0 saturated carbocycles. The highest BCUT2D eigenvalue weighted by Crippen LogP contribution is 2.36. The lowest BCUT2D eigenvalue weighted by Crippen LogP contribution is -2.44. The van der Waals surface area contributed by atoms with Crippen LogP contribution >= 0.6 is 0 Å². The number of piperazine rings is 1. The second-order valence-electron chi connectivity index (χ2n) is 10.1. The maximum Gasteiger partial charge on any atom is 0.260 e. The molecule has 0 N–H and O–H groups in total. The number of hydrogen-bond donors (Lipinski definition) is 0. The maximum atomic E-state index is 13.5. The van der Waals surface area contributed by atoms with Gasteiger partial charge in [-0.15, -0.1) is 10.2 Å². The summed E-state index contributed by atoms with van der Waals surface area (Å²) in [5.74, 6) is 3.11. The third-order valence-electron chi connectivity index (χ3n) is 7.35. The monoisotopic (exact) mass is 457 g/mol. The van der Waals surface area contributed by atoms with Crippen molar-refractivity contribution in [3.63, 3.8) is 0 Å². The van der Waals surface area contributed by atoms with Gasteiger partial charge in [0.2, 0.25) is 0 Å². The van der Waals surface area contributed by atoms with Gasteiger partial charge in [0.05, 0.1) is 12.1 Å². The molecule has 1 fully saturated rings. The molecule has 1 radical (unpaired) electrons. The SMILES string of the molecule is [CH2]c1nc(N2CCN(C)CC2)cc2c1CN(c1cccc(-c3nnc4n3C(C)(C)CC4)n1)C2=O. The van der Waals surface area contributed by atoms with Gasteiger partial charge in [-0.3, -0.25) is 9.69 Å². The molecule has 0 unspecified atom stereocenters. The molecular formula is C25H29N8O. The summed E-state index contributed by atoms with van der Waals surface area (Å²) in [6, 6.07) is 7.66. The van der Waals surface area contributed by atoms with Crippen LogP contribution in [0.1, 0.15) is 47.7 Å². The van der Waals surface area contributed by atoms with E-state index in [-0.39, 0.29) is 11.4 Å². The molecule has 3 aromatic rings. The fourth-order valence-corrected chi connectivity index (χ4v) is 5.24. The number of rotatable bonds is 3.